The van der Waals surface area contributed by atoms with Crippen LogP contribution in [0, 0.1) is 0 Å². The lowest BCUT2D eigenvalue weighted by molar-refractivity contribution is 0.397. The lowest BCUT2D eigenvalue weighted by atomic mass is 10.3. The number of halogens is 2. The summed E-state index contributed by atoms with van der Waals surface area (Å²) in [5, 5.41) is 26.3. The zero-order valence-corrected chi connectivity index (χ0v) is 6.69. The second kappa shape index (κ2) is 2.68. The largest absolute Gasteiger partial charge is 0.506 e. The molecule has 0 aliphatic heterocycles. The Kier molecular flexibility index (Phi) is 2.02. The molecule has 0 radical (unpaired) electrons. The van der Waals surface area contributed by atoms with Crippen molar-refractivity contribution in [3.8, 4) is 17.2 Å². The first-order chi connectivity index (χ1) is 5.04. The van der Waals surface area contributed by atoms with Crippen molar-refractivity contribution >= 4 is 23.2 Å². The Labute approximate surface area is 72.4 Å². The number of benzene rings is 1. The molecule has 0 atom stereocenters. The van der Waals surface area contributed by atoms with Gasteiger partial charge in [-0.3, -0.25) is 0 Å². The van der Waals surface area contributed by atoms with Gasteiger partial charge in [0.2, 0.25) is 0 Å². The number of hydrogen-bond acceptors (Lipinski definition) is 3. The molecule has 0 saturated carbocycles. The molecule has 1 aromatic rings. The van der Waals surface area contributed by atoms with Crippen molar-refractivity contribution in [2.24, 2.45) is 0 Å². The first-order valence-corrected chi connectivity index (χ1v) is 3.38. The molecule has 0 aliphatic carbocycles. The second-order valence-electron chi connectivity index (χ2n) is 1.89. The number of rotatable bonds is 0. The molecular weight excluding hydrogens is 191 g/mol. The topological polar surface area (TPSA) is 60.7 Å². The van der Waals surface area contributed by atoms with Crippen LogP contribution >= 0.6 is 23.2 Å². The summed E-state index contributed by atoms with van der Waals surface area (Å²) < 4.78 is 0. The van der Waals surface area contributed by atoms with Gasteiger partial charge in [-0.05, 0) is 0 Å². The molecule has 1 aromatic carbocycles. The molecule has 0 bridgehead atoms. The average molecular weight is 195 g/mol. The SMILES string of the molecule is Oc1cc(O)c(Cl)c(Cl)c1O. The molecule has 0 saturated heterocycles. The number of aromatic hydroxyl groups is 3. The van der Waals surface area contributed by atoms with Crippen molar-refractivity contribution in [1.82, 2.24) is 0 Å². The molecule has 60 valence electrons. The van der Waals surface area contributed by atoms with Gasteiger partial charge in [-0.25, -0.2) is 0 Å². The normalized spacial score (nSPS) is 10.0. The highest BCUT2D eigenvalue weighted by Gasteiger charge is 2.13. The van der Waals surface area contributed by atoms with Crippen molar-refractivity contribution in [1.29, 1.82) is 0 Å². The summed E-state index contributed by atoms with van der Waals surface area (Å²) in [4.78, 5) is 0. The van der Waals surface area contributed by atoms with E-state index < -0.39 is 11.5 Å². The van der Waals surface area contributed by atoms with Crippen molar-refractivity contribution in [2.45, 2.75) is 0 Å². The highest BCUT2D eigenvalue weighted by molar-refractivity contribution is 6.44. The average Bonchev–Trinajstić information content (AvgIpc) is 1.97. The highest BCUT2D eigenvalue weighted by Crippen LogP contribution is 2.43. The number of hydrogen-bond donors (Lipinski definition) is 3. The summed E-state index contributed by atoms with van der Waals surface area (Å²) in [5.74, 6) is -1.40. The Morgan fingerprint density at radius 3 is 2.00 bits per heavy atom. The van der Waals surface area contributed by atoms with Gasteiger partial charge in [-0.2, -0.15) is 0 Å². The van der Waals surface area contributed by atoms with E-state index in [-0.39, 0.29) is 15.8 Å². The maximum absolute atomic E-state index is 8.93. The van der Waals surface area contributed by atoms with Gasteiger partial charge < -0.3 is 15.3 Å². The molecule has 1 rings (SSSR count). The van der Waals surface area contributed by atoms with Gasteiger partial charge in [0.05, 0.1) is 0 Å². The predicted octanol–water partition coefficient (Wildman–Crippen LogP) is 2.11. The summed E-state index contributed by atoms with van der Waals surface area (Å²) in [6, 6.07) is 0.906. The smallest absolute Gasteiger partial charge is 0.178 e. The van der Waals surface area contributed by atoms with E-state index in [1.807, 2.05) is 0 Å². The minimum atomic E-state index is -0.533. The Balaban J connectivity index is 3.46. The standard InChI is InChI=1S/C6H4Cl2O3/c7-4-2(9)1-3(10)6(11)5(4)8/h1,9-11H. The summed E-state index contributed by atoms with van der Waals surface area (Å²) in [5.41, 5.74) is 0. The van der Waals surface area contributed by atoms with Gasteiger partial charge in [0.25, 0.3) is 0 Å². The minimum absolute atomic E-state index is 0.179. The van der Waals surface area contributed by atoms with E-state index in [9.17, 15) is 0 Å². The first kappa shape index (κ1) is 8.30. The first-order valence-electron chi connectivity index (χ1n) is 2.63. The van der Waals surface area contributed by atoms with Crippen LogP contribution in [0.15, 0.2) is 6.07 Å². The predicted molar refractivity (Wildman–Crippen MR) is 41.5 cm³/mol. The minimum Gasteiger partial charge on any atom is -0.506 e. The Morgan fingerprint density at radius 2 is 1.45 bits per heavy atom. The van der Waals surface area contributed by atoms with Gasteiger partial charge in [0.15, 0.2) is 11.5 Å². The van der Waals surface area contributed by atoms with Crippen molar-refractivity contribution < 1.29 is 15.3 Å². The molecule has 3 N–H and O–H groups in total. The van der Waals surface area contributed by atoms with E-state index >= 15 is 0 Å². The van der Waals surface area contributed by atoms with Crippen LogP contribution < -0.4 is 0 Å². The fourth-order valence-corrected chi connectivity index (χ4v) is 0.928. The molecule has 11 heavy (non-hydrogen) atoms. The molecule has 3 nitrogen and oxygen atoms in total. The lowest BCUT2D eigenvalue weighted by Gasteiger charge is -2.03. The van der Waals surface area contributed by atoms with Crippen molar-refractivity contribution in [2.75, 3.05) is 0 Å². The van der Waals surface area contributed by atoms with Crippen LogP contribution in [0.3, 0.4) is 0 Å². The number of phenolic OH excluding ortho intramolecular Hbond substituents is 3. The maximum Gasteiger partial charge on any atom is 0.178 e. The lowest BCUT2D eigenvalue weighted by Crippen LogP contribution is -1.74. The maximum atomic E-state index is 8.93. The Morgan fingerprint density at radius 1 is 0.909 bits per heavy atom. The highest BCUT2D eigenvalue weighted by atomic mass is 35.5. The van der Waals surface area contributed by atoms with Crippen LogP contribution in [0.2, 0.25) is 10.0 Å². The second-order valence-corrected chi connectivity index (χ2v) is 2.65. The van der Waals surface area contributed by atoms with Crippen LogP contribution in [-0.4, -0.2) is 15.3 Å². The molecule has 0 heterocycles. The van der Waals surface area contributed by atoms with Gasteiger partial charge in [0, 0.05) is 6.07 Å². The van der Waals surface area contributed by atoms with E-state index in [4.69, 9.17) is 38.5 Å². The molecule has 0 spiro atoms. The molecular formula is C6H4Cl2O3. The third kappa shape index (κ3) is 1.29. The van der Waals surface area contributed by atoms with Crippen molar-refractivity contribution in [3.63, 3.8) is 0 Å². The zero-order valence-electron chi connectivity index (χ0n) is 5.17. The van der Waals surface area contributed by atoms with E-state index in [1.54, 1.807) is 0 Å². The quantitative estimate of drug-likeness (QED) is 0.438. The summed E-state index contributed by atoms with van der Waals surface area (Å²) >= 11 is 10.8. The Hall–Kier alpha value is -0.800. The fourth-order valence-electron chi connectivity index (χ4n) is 0.590. The molecule has 0 fully saturated rings. The van der Waals surface area contributed by atoms with E-state index in [2.05, 4.69) is 0 Å². The van der Waals surface area contributed by atoms with E-state index in [1.165, 1.54) is 0 Å². The zero-order chi connectivity index (χ0) is 8.59. The third-order valence-corrected chi connectivity index (χ3v) is 1.99. The van der Waals surface area contributed by atoms with Crippen LogP contribution in [0.4, 0.5) is 0 Å². The molecule has 0 unspecified atom stereocenters. The van der Waals surface area contributed by atoms with Crippen LogP contribution in [-0.2, 0) is 0 Å². The molecule has 0 aliphatic rings. The van der Waals surface area contributed by atoms with Gasteiger partial charge >= 0.3 is 0 Å². The van der Waals surface area contributed by atoms with E-state index in [0.717, 1.165) is 6.07 Å². The van der Waals surface area contributed by atoms with Crippen molar-refractivity contribution in [3.05, 3.63) is 16.1 Å². The molecule has 0 aromatic heterocycles. The van der Waals surface area contributed by atoms with Gasteiger partial charge in [0.1, 0.15) is 15.8 Å². The third-order valence-electron chi connectivity index (χ3n) is 1.14. The summed E-state index contributed by atoms with van der Waals surface area (Å²) in [7, 11) is 0. The van der Waals surface area contributed by atoms with Gasteiger partial charge in [-0.15, -0.1) is 0 Å². The van der Waals surface area contributed by atoms with Gasteiger partial charge in [-0.1, -0.05) is 23.2 Å². The molecule has 5 heteroatoms. The van der Waals surface area contributed by atoms with Crippen LogP contribution in [0.25, 0.3) is 0 Å². The van der Waals surface area contributed by atoms with Crippen LogP contribution in [0.5, 0.6) is 17.2 Å². The van der Waals surface area contributed by atoms with Crippen LogP contribution in [0.1, 0.15) is 0 Å². The fraction of sp³-hybridized carbons (Fsp3) is 0. The Bertz CT molecular complexity index is 272. The van der Waals surface area contributed by atoms with E-state index in [0.29, 0.717) is 0 Å². The summed E-state index contributed by atoms with van der Waals surface area (Å²) in [6.45, 7) is 0. The summed E-state index contributed by atoms with van der Waals surface area (Å²) in [6.07, 6.45) is 0. The molecule has 0 amide bonds. The monoisotopic (exact) mass is 194 g/mol. The number of phenols is 3.